The smallest absolute Gasteiger partial charge is 0.266 e. The summed E-state index contributed by atoms with van der Waals surface area (Å²) < 4.78 is 40.0. The zero-order chi connectivity index (χ0) is 19.0. The third-order valence-electron chi connectivity index (χ3n) is 4.62. The normalized spacial score (nSPS) is 19.5. The number of hydrogen-bond acceptors (Lipinski definition) is 7. The molecule has 1 fully saturated rings. The summed E-state index contributed by atoms with van der Waals surface area (Å²) in [5, 5.41) is 3.88. The number of anilines is 1. The van der Waals surface area contributed by atoms with E-state index in [-0.39, 0.29) is 42.7 Å². The first-order chi connectivity index (χ1) is 13.0. The van der Waals surface area contributed by atoms with Crippen molar-refractivity contribution >= 4 is 5.82 Å². The molecule has 27 heavy (non-hydrogen) atoms. The lowest BCUT2D eigenvalue weighted by Crippen LogP contribution is -2.28. The second-order valence-corrected chi connectivity index (χ2v) is 6.39. The molecule has 2 aromatic heterocycles. The van der Waals surface area contributed by atoms with Gasteiger partial charge < -0.3 is 14.2 Å². The van der Waals surface area contributed by atoms with Gasteiger partial charge in [0, 0.05) is 18.5 Å². The maximum Gasteiger partial charge on any atom is 0.266 e. The highest BCUT2D eigenvalue weighted by molar-refractivity contribution is 5.55. The summed E-state index contributed by atoms with van der Waals surface area (Å²) >= 11 is 0. The fourth-order valence-corrected chi connectivity index (χ4v) is 3.06. The van der Waals surface area contributed by atoms with Crippen molar-refractivity contribution in [2.45, 2.75) is 19.0 Å². The number of hydrogen-bond donors (Lipinski definition) is 0. The summed E-state index contributed by atoms with van der Waals surface area (Å²) in [5.41, 5.74) is -0.971. The van der Waals surface area contributed by atoms with Crippen LogP contribution in [0.4, 0.5) is 14.6 Å². The third-order valence-corrected chi connectivity index (χ3v) is 4.62. The second kappa shape index (κ2) is 6.57. The number of aryl methyl sites for hydroxylation is 1. The Labute approximate surface area is 154 Å². The van der Waals surface area contributed by atoms with Crippen molar-refractivity contribution < 1.29 is 18.0 Å². The number of rotatable bonds is 4. The van der Waals surface area contributed by atoms with Gasteiger partial charge in [0.25, 0.3) is 5.89 Å². The van der Waals surface area contributed by atoms with Crippen molar-refractivity contribution in [3.8, 4) is 17.1 Å². The molecule has 1 unspecified atom stereocenters. The van der Waals surface area contributed by atoms with Crippen molar-refractivity contribution in [1.82, 2.24) is 20.1 Å². The Bertz CT molecular complexity index is 963. The Morgan fingerprint density at radius 1 is 1.22 bits per heavy atom. The minimum atomic E-state index is -1.87. The van der Waals surface area contributed by atoms with E-state index < -0.39 is 11.5 Å². The fraction of sp³-hybridized carbons (Fsp3) is 0.333. The molecule has 1 aliphatic heterocycles. The van der Waals surface area contributed by atoms with E-state index in [9.17, 15) is 4.39 Å². The summed E-state index contributed by atoms with van der Waals surface area (Å²) in [6.07, 6.45) is 1.36. The average molecular weight is 373 g/mol. The zero-order valence-electron chi connectivity index (χ0n) is 14.8. The lowest BCUT2D eigenvalue weighted by molar-refractivity contribution is 0.136. The first-order valence-corrected chi connectivity index (χ1v) is 8.40. The number of ether oxygens (including phenoxy) is 1. The standard InChI is InChI=1S/C18H17F2N5O2/c1-11-14(19)16(22-10-21-11)25-8-7-18(20,9-25)17-23-15(24-27-17)12-3-5-13(26-2)6-4-12/h3-6,10H,7-9H2,1-2H3. The van der Waals surface area contributed by atoms with Crippen molar-refractivity contribution in [2.75, 3.05) is 25.1 Å². The highest BCUT2D eigenvalue weighted by Gasteiger charge is 2.46. The van der Waals surface area contributed by atoms with Gasteiger partial charge in [-0.1, -0.05) is 5.16 Å². The molecule has 0 N–H and O–H groups in total. The number of methoxy groups -OCH3 is 1. The number of halogens is 2. The van der Waals surface area contributed by atoms with Crippen LogP contribution in [0.15, 0.2) is 35.1 Å². The molecule has 0 saturated carbocycles. The molecule has 3 aromatic rings. The quantitative estimate of drug-likeness (QED) is 0.695. The van der Waals surface area contributed by atoms with Crippen molar-refractivity contribution in [3.05, 3.63) is 48.0 Å². The largest absolute Gasteiger partial charge is 0.497 e. The lowest BCUT2D eigenvalue weighted by Gasteiger charge is -2.19. The summed E-state index contributed by atoms with van der Waals surface area (Å²) in [7, 11) is 1.57. The minimum absolute atomic E-state index is 0.0805. The van der Waals surface area contributed by atoms with E-state index in [1.165, 1.54) is 11.2 Å². The molecule has 3 heterocycles. The van der Waals surface area contributed by atoms with Gasteiger partial charge in [0.2, 0.25) is 11.5 Å². The van der Waals surface area contributed by atoms with Gasteiger partial charge in [0.15, 0.2) is 11.6 Å². The molecule has 0 aliphatic carbocycles. The molecule has 0 radical (unpaired) electrons. The highest BCUT2D eigenvalue weighted by atomic mass is 19.1. The van der Waals surface area contributed by atoms with Gasteiger partial charge in [-0.05, 0) is 31.2 Å². The minimum Gasteiger partial charge on any atom is -0.497 e. The van der Waals surface area contributed by atoms with Crippen molar-refractivity contribution in [1.29, 1.82) is 0 Å². The number of nitrogens with zero attached hydrogens (tertiary/aromatic N) is 5. The summed E-state index contributed by atoms with van der Waals surface area (Å²) in [6.45, 7) is 1.70. The van der Waals surface area contributed by atoms with Gasteiger partial charge in [-0.25, -0.2) is 18.7 Å². The van der Waals surface area contributed by atoms with Gasteiger partial charge >= 0.3 is 0 Å². The summed E-state index contributed by atoms with van der Waals surface area (Å²) in [6, 6.07) is 7.04. The van der Waals surface area contributed by atoms with E-state index in [4.69, 9.17) is 9.26 Å². The van der Waals surface area contributed by atoms with Crippen LogP contribution in [-0.4, -0.2) is 40.3 Å². The molecular formula is C18H17F2N5O2. The van der Waals surface area contributed by atoms with Gasteiger partial charge in [-0.3, -0.25) is 0 Å². The van der Waals surface area contributed by atoms with Gasteiger partial charge in [-0.15, -0.1) is 0 Å². The Hall–Kier alpha value is -3.10. The van der Waals surface area contributed by atoms with Crippen molar-refractivity contribution in [3.63, 3.8) is 0 Å². The molecule has 0 spiro atoms. The maximum absolute atomic E-state index is 15.4. The van der Waals surface area contributed by atoms with Crippen LogP contribution in [0.1, 0.15) is 18.0 Å². The lowest BCUT2D eigenvalue weighted by atomic mass is 10.1. The van der Waals surface area contributed by atoms with Crippen LogP contribution >= 0.6 is 0 Å². The van der Waals surface area contributed by atoms with Crippen LogP contribution in [0.3, 0.4) is 0 Å². The molecule has 1 saturated heterocycles. The molecular weight excluding hydrogens is 356 g/mol. The highest BCUT2D eigenvalue weighted by Crippen LogP contribution is 2.38. The second-order valence-electron chi connectivity index (χ2n) is 6.39. The van der Waals surface area contributed by atoms with Gasteiger partial charge in [0.05, 0.1) is 19.3 Å². The molecule has 9 heteroatoms. The fourth-order valence-electron chi connectivity index (χ4n) is 3.06. The van der Waals surface area contributed by atoms with Crippen LogP contribution in [0.5, 0.6) is 5.75 Å². The van der Waals surface area contributed by atoms with Crippen LogP contribution < -0.4 is 9.64 Å². The van der Waals surface area contributed by atoms with E-state index in [0.717, 1.165) is 0 Å². The third kappa shape index (κ3) is 3.09. The van der Waals surface area contributed by atoms with E-state index in [1.807, 2.05) is 0 Å². The molecule has 1 aromatic carbocycles. The molecule has 1 atom stereocenters. The molecule has 1 aliphatic rings. The first kappa shape index (κ1) is 17.3. The molecule has 0 amide bonds. The van der Waals surface area contributed by atoms with Crippen LogP contribution in [0, 0.1) is 12.7 Å². The Morgan fingerprint density at radius 2 is 2.00 bits per heavy atom. The Balaban J connectivity index is 1.57. The van der Waals surface area contributed by atoms with E-state index in [2.05, 4.69) is 20.1 Å². The van der Waals surface area contributed by atoms with Crippen LogP contribution in [0.2, 0.25) is 0 Å². The Morgan fingerprint density at radius 3 is 2.74 bits per heavy atom. The number of benzene rings is 1. The first-order valence-electron chi connectivity index (χ1n) is 8.40. The maximum atomic E-state index is 15.4. The zero-order valence-corrected chi connectivity index (χ0v) is 14.8. The SMILES string of the molecule is COc1ccc(-c2noc(C3(F)CCN(c4ncnc(C)c4F)C3)n2)cc1. The predicted octanol–water partition coefficient (Wildman–Crippen LogP) is 3.06. The predicted molar refractivity (Wildman–Crippen MR) is 92.6 cm³/mol. The molecule has 4 rings (SSSR count). The van der Waals surface area contributed by atoms with Crippen LogP contribution in [-0.2, 0) is 5.67 Å². The summed E-state index contributed by atoms with van der Waals surface area (Å²) in [5.74, 6) is 0.385. The Kier molecular flexibility index (Phi) is 4.21. The van der Waals surface area contributed by atoms with Crippen LogP contribution in [0.25, 0.3) is 11.4 Å². The average Bonchev–Trinajstić information content (AvgIpc) is 3.32. The van der Waals surface area contributed by atoms with E-state index in [0.29, 0.717) is 11.3 Å². The topological polar surface area (TPSA) is 77.2 Å². The molecule has 0 bridgehead atoms. The van der Waals surface area contributed by atoms with Gasteiger partial charge in [-0.2, -0.15) is 4.98 Å². The number of alkyl halides is 1. The molecule has 7 nitrogen and oxygen atoms in total. The van der Waals surface area contributed by atoms with E-state index >= 15 is 4.39 Å². The number of aromatic nitrogens is 4. The van der Waals surface area contributed by atoms with Gasteiger partial charge in [0.1, 0.15) is 12.1 Å². The van der Waals surface area contributed by atoms with Crippen molar-refractivity contribution in [2.24, 2.45) is 0 Å². The molecule has 140 valence electrons. The monoisotopic (exact) mass is 373 g/mol. The summed E-state index contributed by atoms with van der Waals surface area (Å²) in [4.78, 5) is 13.5. The van der Waals surface area contributed by atoms with E-state index in [1.54, 1.807) is 38.3 Å².